The summed E-state index contributed by atoms with van der Waals surface area (Å²) >= 11 is 7.52. The van der Waals surface area contributed by atoms with Gasteiger partial charge in [-0.1, -0.05) is 35.5 Å². The monoisotopic (exact) mass is 341 g/mol. The fraction of sp³-hybridized carbons (Fsp3) is 0.0625. The number of anilines is 1. The van der Waals surface area contributed by atoms with Crippen LogP contribution < -0.4 is 5.73 Å². The molecule has 7 heteroatoms. The highest BCUT2D eigenvalue weighted by molar-refractivity contribution is 7.98. The van der Waals surface area contributed by atoms with Crippen LogP contribution in [-0.2, 0) is 5.75 Å². The number of rotatable bonds is 3. The maximum atomic E-state index is 6.01. The van der Waals surface area contributed by atoms with Crippen LogP contribution in [0, 0.1) is 0 Å². The van der Waals surface area contributed by atoms with Crippen LogP contribution in [-0.4, -0.2) is 19.9 Å². The van der Waals surface area contributed by atoms with E-state index in [0.29, 0.717) is 22.4 Å². The summed E-state index contributed by atoms with van der Waals surface area (Å²) in [6.07, 6.45) is 0. The van der Waals surface area contributed by atoms with Crippen LogP contribution in [0.5, 0.6) is 0 Å². The molecule has 0 bridgehead atoms. The SMILES string of the molecule is Nc1nc(CSc2nc3ccc(Cl)cc3[nH]2)nc2ccccc12. The number of H-pyrrole nitrogens is 1. The molecule has 4 aromatic rings. The van der Waals surface area contributed by atoms with Gasteiger partial charge in [0.2, 0.25) is 0 Å². The number of nitrogens with zero attached hydrogens (tertiary/aromatic N) is 3. The number of para-hydroxylation sites is 1. The molecule has 0 saturated heterocycles. The molecular formula is C16H12ClN5S. The average Bonchev–Trinajstić information content (AvgIpc) is 2.95. The standard InChI is InChI=1S/C16H12ClN5S/c17-9-5-6-12-13(7-9)21-16(20-12)23-8-14-19-11-4-2-1-3-10(11)15(18)22-14/h1-7H,8H2,(H,20,21)(H2,18,19,22). The molecule has 2 aromatic carbocycles. The van der Waals surface area contributed by atoms with E-state index in [9.17, 15) is 0 Å². The first kappa shape index (κ1) is 14.3. The minimum atomic E-state index is 0.502. The van der Waals surface area contributed by atoms with Crippen molar-refractivity contribution in [2.45, 2.75) is 10.9 Å². The van der Waals surface area contributed by atoms with E-state index < -0.39 is 0 Å². The van der Waals surface area contributed by atoms with Gasteiger partial charge in [0, 0.05) is 10.4 Å². The smallest absolute Gasteiger partial charge is 0.166 e. The van der Waals surface area contributed by atoms with Crippen molar-refractivity contribution in [1.82, 2.24) is 19.9 Å². The zero-order valence-corrected chi connectivity index (χ0v) is 13.5. The minimum Gasteiger partial charge on any atom is -0.383 e. The summed E-state index contributed by atoms with van der Waals surface area (Å²) in [6.45, 7) is 0. The molecule has 0 amide bonds. The van der Waals surface area contributed by atoms with Gasteiger partial charge in [-0.25, -0.2) is 15.0 Å². The quantitative estimate of drug-likeness (QED) is 0.550. The Kier molecular flexibility index (Phi) is 3.55. The number of benzene rings is 2. The molecule has 2 aromatic heterocycles. The van der Waals surface area contributed by atoms with Gasteiger partial charge in [-0.15, -0.1) is 0 Å². The largest absolute Gasteiger partial charge is 0.383 e. The van der Waals surface area contributed by atoms with Gasteiger partial charge in [-0.3, -0.25) is 0 Å². The summed E-state index contributed by atoms with van der Waals surface area (Å²) in [5.41, 5.74) is 8.66. The molecule has 0 aliphatic heterocycles. The number of hydrogen-bond acceptors (Lipinski definition) is 5. The van der Waals surface area contributed by atoms with Crippen LogP contribution in [0.15, 0.2) is 47.6 Å². The summed E-state index contributed by atoms with van der Waals surface area (Å²) < 4.78 is 0. The first-order valence-electron chi connectivity index (χ1n) is 6.98. The van der Waals surface area contributed by atoms with E-state index in [2.05, 4.69) is 19.9 Å². The summed E-state index contributed by atoms with van der Waals surface area (Å²) in [5, 5.41) is 2.36. The number of nitrogen functional groups attached to an aromatic ring is 1. The number of aromatic nitrogens is 4. The number of imidazole rings is 1. The second-order valence-electron chi connectivity index (χ2n) is 5.03. The lowest BCUT2D eigenvalue weighted by Crippen LogP contribution is -1.99. The van der Waals surface area contributed by atoms with Crippen molar-refractivity contribution in [3.05, 3.63) is 53.3 Å². The number of hydrogen-bond donors (Lipinski definition) is 2. The van der Waals surface area contributed by atoms with Crippen molar-refractivity contribution in [3.8, 4) is 0 Å². The van der Waals surface area contributed by atoms with Crippen LogP contribution >= 0.6 is 23.4 Å². The third-order valence-corrected chi connectivity index (χ3v) is 4.54. The van der Waals surface area contributed by atoms with E-state index in [1.165, 1.54) is 11.8 Å². The average molecular weight is 342 g/mol. The van der Waals surface area contributed by atoms with Crippen molar-refractivity contribution in [2.75, 3.05) is 5.73 Å². The third-order valence-electron chi connectivity index (χ3n) is 3.44. The van der Waals surface area contributed by atoms with Crippen LogP contribution in [0.1, 0.15) is 5.82 Å². The number of aromatic amines is 1. The van der Waals surface area contributed by atoms with Crippen molar-refractivity contribution < 1.29 is 0 Å². The number of halogens is 1. The Morgan fingerprint density at radius 1 is 1.04 bits per heavy atom. The summed E-state index contributed by atoms with van der Waals surface area (Å²) in [5.74, 6) is 1.77. The Hall–Kier alpha value is -2.31. The number of thioether (sulfide) groups is 1. The zero-order valence-electron chi connectivity index (χ0n) is 12.0. The van der Waals surface area contributed by atoms with E-state index >= 15 is 0 Å². The molecule has 0 atom stereocenters. The fourth-order valence-electron chi connectivity index (χ4n) is 2.38. The van der Waals surface area contributed by atoms with E-state index in [0.717, 1.165) is 27.1 Å². The van der Waals surface area contributed by atoms with Crippen LogP contribution in [0.4, 0.5) is 5.82 Å². The molecule has 0 saturated carbocycles. The maximum Gasteiger partial charge on any atom is 0.166 e. The minimum absolute atomic E-state index is 0.502. The van der Waals surface area contributed by atoms with E-state index in [1.807, 2.05) is 42.5 Å². The maximum absolute atomic E-state index is 6.01. The van der Waals surface area contributed by atoms with Gasteiger partial charge in [0.25, 0.3) is 0 Å². The Morgan fingerprint density at radius 3 is 2.83 bits per heavy atom. The highest BCUT2D eigenvalue weighted by Crippen LogP contribution is 2.25. The number of nitrogens with two attached hydrogens (primary N) is 1. The molecule has 5 nitrogen and oxygen atoms in total. The van der Waals surface area contributed by atoms with E-state index in [1.54, 1.807) is 0 Å². The van der Waals surface area contributed by atoms with E-state index in [-0.39, 0.29) is 0 Å². The molecule has 4 rings (SSSR count). The van der Waals surface area contributed by atoms with Crippen molar-refractivity contribution in [2.24, 2.45) is 0 Å². The summed E-state index contributed by atoms with van der Waals surface area (Å²) in [4.78, 5) is 16.7. The van der Waals surface area contributed by atoms with Gasteiger partial charge in [-0.05, 0) is 30.3 Å². The lowest BCUT2D eigenvalue weighted by Gasteiger charge is -2.04. The van der Waals surface area contributed by atoms with Crippen LogP contribution in [0.2, 0.25) is 5.02 Å². The fourth-order valence-corrected chi connectivity index (χ4v) is 3.29. The molecule has 0 unspecified atom stereocenters. The molecule has 114 valence electrons. The van der Waals surface area contributed by atoms with Crippen molar-refractivity contribution in [1.29, 1.82) is 0 Å². The highest BCUT2D eigenvalue weighted by atomic mass is 35.5. The van der Waals surface area contributed by atoms with Gasteiger partial charge in [-0.2, -0.15) is 0 Å². The lowest BCUT2D eigenvalue weighted by molar-refractivity contribution is 1.04. The van der Waals surface area contributed by atoms with Crippen molar-refractivity contribution in [3.63, 3.8) is 0 Å². The summed E-state index contributed by atoms with van der Waals surface area (Å²) in [6, 6.07) is 13.3. The Balaban J connectivity index is 1.60. The molecule has 0 radical (unpaired) electrons. The molecule has 0 fully saturated rings. The zero-order chi connectivity index (χ0) is 15.8. The topological polar surface area (TPSA) is 80.5 Å². The Labute approximate surface area is 141 Å². The van der Waals surface area contributed by atoms with Gasteiger partial charge >= 0.3 is 0 Å². The summed E-state index contributed by atoms with van der Waals surface area (Å²) in [7, 11) is 0. The first-order chi connectivity index (χ1) is 11.2. The Bertz CT molecular complexity index is 1010. The van der Waals surface area contributed by atoms with Gasteiger partial charge < -0.3 is 10.7 Å². The number of fused-ring (bicyclic) bond motifs is 2. The van der Waals surface area contributed by atoms with Crippen LogP contribution in [0.3, 0.4) is 0 Å². The normalized spacial score (nSPS) is 11.3. The predicted octanol–water partition coefficient (Wildman–Crippen LogP) is 4.03. The van der Waals surface area contributed by atoms with E-state index in [4.69, 9.17) is 17.3 Å². The van der Waals surface area contributed by atoms with Crippen molar-refractivity contribution >= 4 is 51.1 Å². The molecule has 23 heavy (non-hydrogen) atoms. The van der Waals surface area contributed by atoms with Gasteiger partial charge in [0.05, 0.1) is 22.3 Å². The number of nitrogens with one attached hydrogen (secondary N) is 1. The molecule has 0 aliphatic rings. The second-order valence-corrected chi connectivity index (χ2v) is 6.43. The molecule has 3 N–H and O–H groups in total. The molecular weight excluding hydrogens is 330 g/mol. The second kappa shape index (κ2) is 5.72. The predicted molar refractivity (Wildman–Crippen MR) is 94.6 cm³/mol. The molecule has 2 heterocycles. The van der Waals surface area contributed by atoms with Gasteiger partial charge in [0.15, 0.2) is 5.16 Å². The highest BCUT2D eigenvalue weighted by Gasteiger charge is 2.08. The Morgan fingerprint density at radius 2 is 1.91 bits per heavy atom. The molecule has 0 spiro atoms. The lowest BCUT2D eigenvalue weighted by atomic mass is 10.2. The molecule has 0 aliphatic carbocycles. The van der Waals surface area contributed by atoms with Gasteiger partial charge in [0.1, 0.15) is 11.6 Å². The third kappa shape index (κ3) is 2.83. The first-order valence-corrected chi connectivity index (χ1v) is 8.34. The van der Waals surface area contributed by atoms with Crippen LogP contribution in [0.25, 0.3) is 21.9 Å².